The van der Waals surface area contributed by atoms with Gasteiger partial charge in [0.2, 0.25) is 5.95 Å². The number of nitrogens with one attached hydrogen (secondary N) is 1. The largest absolute Gasteiger partial charge is 0.378 e. The average molecular weight is 361 g/mol. The van der Waals surface area contributed by atoms with Gasteiger partial charge in [-0.1, -0.05) is 11.6 Å². The lowest BCUT2D eigenvalue weighted by Crippen LogP contribution is -2.37. The fourth-order valence-corrected chi connectivity index (χ4v) is 3.31. The first-order valence-corrected chi connectivity index (χ1v) is 8.94. The summed E-state index contributed by atoms with van der Waals surface area (Å²) in [6.45, 7) is 4.99. The van der Waals surface area contributed by atoms with Crippen LogP contribution in [0.3, 0.4) is 0 Å². The lowest BCUT2D eigenvalue weighted by atomic mass is 10.2. The van der Waals surface area contributed by atoms with Gasteiger partial charge in [0.25, 0.3) is 0 Å². The Morgan fingerprint density at radius 3 is 2.76 bits per heavy atom. The Labute approximate surface area is 152 Å². The first-order chi connectivity index (χ1) is 12.3. The standard InChI is InChI=1S/C17H21ClN6O/c18-13-1-2-16(20-11-13)24-6-4-14(12-24)21-15-3-5-19-17(22-15)23-7-9-25-10-8-23/h1-3,5,11,14H,4,6-10,12H2,(H,19,21,22). The maximum Gasteiger partial charge on any atom is 0.227 e. The van der Waals surface area contributed by atoms with E-state index in [2.05, 4.69) is 30.1 Å². The van der Waals surface area contributed by atoms with E-state index in [1.54, 1.807) is 6.20 Å². The van der Waals surface area contributed by atoms with Crippen LogP contribution in [-0.4, -0.2) is 60.4 Å². The van der Waals surface area contributed by atoms with Crippen LogP contribution in [0.25, 0.3) is 0 Å². The number of halogens is 1. The van der Waals surface area contributed by atoms with Crippen molar-refractivity contribution in [3.8, 4) is 0 Å². The highest BCUT2D eigenvalue weighted by Crippen LogP contribution is 2.22. The lowest BCUT2D eigenvalue weighted by Gasteiger charge is -2.27. The highest BCUT2D eigenvalue weighted by Gasteiger charge is 2.24. The summed E-state index contributed by atoms with van der Waals surface area (Å²) in [7, 11) is 0. The second kappa shape index (κ2) is 7.41. The SMILES string of the molecule is Clc1ccc(N2CCC(Nc3ccnc(N4CCOCC4)n3)C2)nc1. The van der Waals surface area contributed by atoms with E-state index in [1.165, 1.54) is 0 Å². The summed E-state index contributed by atoms with van der Waals surface area (Å²) in [6.07, 6.45) is 4.55. The molecule has 25 heavy (non-hydrogen) atoms. The van der Waals surface area contributed by atoms with E-state index >= 15 is 0 Å². The molecular weight excluding hydrogens is 340 g/mol. The van der Waals surface area contributed by atoms with E-state index in [4.69, 9.17) is 16.3 Å². The van der Waals surface area contributed by atoms with Gasteiger partial charge in [-0.2, -0.15) is 4.98 Å². The summed E-state index contributed by atoms with van der Waals surface area (Å²) in [6, 6.07) is 6.10. The molecule has 0 bridgehead atoms. The monoisotopic (exact) mass is 360 g/mol. The summed E-state index contributed by atoms with van der Waals surface area (Å²) < 4.78 is 5.39. The highest BCUT2D eigenvalue weighted by molar-refractivity contribution is 6.30. The van der Waals surface area contributed by atoms with Gasteiger partial charge in [-0.15, -0.1) is 0 Å². The maximum absolute atomic E-state index is 5.91. The molecule has 1 atom stereocenters. The number of nitrogens with zero attached hydrogens (tertiary/aromatic N) is 5. The lowest BCUT2D eigenvalue weighted by molar-refractivity contribution is 0.122. The molecule has 2 aliphatic rings. The van der Waals surface area contributed by atoms with Crippen LogP contribution >= 0.6 is 11.6 Å². The quantitative estimate of drug-likeness (QED) is 0.895. The number of pyridine rings is 1. The molecule has 0 aromatic carbocycles. The Bertz CT molecular complexity index is 707. The van der Waals surface area contributed by atoms with Gasteiger partial charge in [-0.05, 0) is 24.6 Å². The van der Waals surface area contributed by atoms with E-state index in [0.29, 0.717) is 11.1 Å². The number of rotatable bonds is 4. The molecule has 1 N–H and O–H groups in total. The zero-order chi connectivity index (χ0) is 17.1. The molecule has 0 radical (unpaired) electrons. The Kier molecular flexibility index (Phi) is 4.85. The maximum atomic E-state index is 5.91. The van der Waals surface area contributed by atoms with Crippen molar-refractivity contribution in [3.05, 3.63) is 35.6 Å². The number of morpholine rings is 1. The molecule has 4 rings (SSSR count). The molecule has 7 nitrogen and oxygen atoms in total. The third-order valence-electron chi connectivity index (χ3n) is 4.51. The van der Waals surface area contributed by atoms with Crippen LogP contribution < -0.4 is 15.1 Å². The van der Waals surface area contributed by atoms with Crippen LogP contribution in [0.1, 0.15) is 6.42 Å². The predicted octanol–water partition coefficient (Wildman–Crippen LogP) is 2.05. The molecular formula is C17H21ClN6O. The Hall–Kier alpha value is -2.12. The predicted molar refractivity (Wildman–Crippen MR) is 98.6 cm³/mol. The fraction of sp³-hybridized carbons (Fsp3) is 0.471. The van der Waals surface area contributed by atoms with E-state index in [1.807, 2.05) is 24.4 Å². The molecule has 0 saturated carbocycles. The molecule has 2 aromatic heterocycles. The molecule has 2 aromatic rings. The Morgan fingerprint density at radius 1 is 1.08 bits per heavy atom. The number of aromatic nitrogens is 3. The van der Waals surface area contributed by atoms with Crippen LogP contribution in [0.5, 0.6) is 0 Å². The molecule has 1 unspecified atom stereocenters. The summed E-state index contributed by atoms with van der Waals surface area (Å²) >= 11 is 5.91. The van der Waals surface area contributed by atoms with Crippen LogP contribution in [0.15, 0.2) is 30.6 Å². The van der Waals surface area contributed by atoms with E-state index in [9.17, 15) is 0 Å². The van der Waals surface area contributed by atoms with Gasteiger partial charge >= 0.3 is 0 Å². The first-order valence-electron chi connectivity index (χ1n) is 8.57. The molecule has 2 saturated heterocycles. The van der Waals surface area contributed by atoms with Gasteiger partial charge < -0.3 is 19.9 Å². The molecule has 132 valence electrons. The van der Waals surface area contributed by atoms with Crippen LogP contribution in [0.4, 0.5) is 17.6 Å². The Morgan fingerprint density at radius 2 is 1.96 bits per heavy atom. The Balaban J connectivity index is 1.38. The molecule has 8 heteroatoms. The summed E-state index contributed by atoms with van der Waals surface area (Å²) in [5.74, 6) is 2.60. The highest BCUT2D eigenvalue weighted by atomic mass is 35.5. The van der Waals surface area contributed by atoms with Gasteiger partial charge in [0, 0.05) is 44.6 Å². The van der Waals surface area contributed by atoms with Crippen molar-refractivity contribution in [2.24, 2.45) is 0 Å². The van der Waals surface area contributed by atoms with Crippen LogP contribution in [0.2, 0.25) is 5.02 Å². The average Bonchev–Trinajstić information content (AvgIpc) is 3.12. The van der Waals surface area contributed by atoms with Crippen molar-refractivity contribution in [3.63, 3.8) is 0 Å². The van der Waals surface area contributed by atoms with Gasteiger partial charge in [0.05, 0.1) is 18.2 Å². The summed E-state index contributed by atoms with van der Waals surface area (Å²) in [4.78, 5) is 17.9. The van der Waals surface area contributed by atoms with E-state index in [0.717, 1.165) is 63.4 Å². The minimum Gasteiger partial charge on any atom is -0.378 e. The third-order valence-corrected chi connectivity index (χ3v) is 4.74. The number of anilines is 3. The van der Waals surface area contributed by atoms with Crippen molar-refractivity contribution >= 4 is 29.2 Å². The number of hydrogen-bond acceptors (Lipinski definition) is 7. The summed E-state index contributed by atoms with van der Waals surface area (Å²) in [5.41, 5.74) is 0. The second-order valence-electron chi connectivity index (χ2n) is 6.25. The van der Waals surface area contributed by atoms with Crippen LogP contribution in [0, 0.1) is 0 Å². The zero-order valence-corrected chi connectivity index (χ0v) is 14.7. The topological polar surface area (TPSA) is 66.4 Å². The molecule has 2 fully saturated rings. The third kappa shape index (κ3) is 3.93. The van der Waals surface area contributed by atoms with E-state index < -0.39 is 0 Å². The number of ether oxygens (including phenoxy) is 1. The van der Waals surface area contributed by atoms with Crippen molar-refractivity contribution in [2.75, 3.05) is 54.5 Å². The van der Waals surface area contributed by atoms with Crippen molar-refractivity contribution < 1.29 is 4.74 Å². The number of hydrogen-bond donors (Lipinski definition) is 1. The smallest absolute Gasteiger partial charge is 0.227 e. The molecule has 4 heterocycles. The molecule has 0 amide bonds. The van der Waals surface area contributed by atoms with Gasteiger partial charge in [0.15, 0.2) is 0 Å². The first kappa shape index (κ1) is 16.4. The summed E-state index contributed by atoms with van der Waals surface area (Å²) in [5, 5.41) is 4.19. The van der Waals surface area contributed by atoms with Gasteiger partial charge in [-0.3, -0.25) is 0 Å². The van der Waals surface area contributed by atoms with Crippen molar-refractivity contribution in [2.45, 2.75) is 12.5 Å². The normalized spacial score (nSPS) is 20.8. The van der Waals surface area contributed by atoms with Gasteiger partial charge in [-0.25, -0.2) is 9.97 Å². The minimum absolute atomic E-state index is 0.338. The second-order valence-corrected chi connectivity index (χ2v) is 6.69. The van der Waals surface area contributed by atoms with Gasteiger partial charge in [0.1, 0.15) is 11.6 Å². The molecule has 0 spiro atoms. The minimum atomic E-state index is 0.338. The zero-order valence-electron chi connectivity index (χ0n) is 13.9. The van der Waals surface area contributed by atoms with E-state index in [-0.39, 0.29) is 0 Å². The van der Waals surface area contributed by atoms with Crippen molar-refractivity contribution in [1.29, 1.82) is 0 Å². The molecule has 0 aliphatic carbocycles. The fourth-order valence-electron chi connectivity index (χ4n) is 3.19. The molecule has 2 aliphatic heterocycles. The van der Waals surface area contributed by atoms with Crippen LogP contribution in [-0.2, 0) is 4.74 Å². The van der Waals surface area contributed by atoms with Crippen molar-refractivity contribution in [1.82, 2.24) is 15.0 Å².